The molecular weight excluding hydrogens is 300 g/mol. The number of aromatic nitrogens is 1. The van der Waals surface area contributed by atoms with Crippen LogP contribution in [0.15, 0.2) is 18.2 Å². The highest BCUT2D eigenvalue weighted by molar-refractivity contribution is 7.12. The highest BCUT2D eigenvalue weighted by Crippen LogP contribution is 2.35. The van der Waals surface area contributed by atoms with Crippen molar-refractivity contribution in [3.8, 4) is 17.0 Å². The summed E-state index contributed by atoms with van der Waals surface area (Å²) in [6.45, 7) is 2.89. The minimum Gasteiger partial charge on any atom is -0.482 e. The highest BCUT2D eigenvalue weighted by Gasteiger charge is 2.18. The van der Waals surface area contributed by atoms with Crippen molar-refractivity contribution in [1.29, 1.82) is 0 Å². The van der Waals surface area contributed by atoms with E-state index in [0.29, 0.717) is 11.4 Å². The lowest BCUT2D eigenvalue weighted by molar-refractivity contribution is -0.118. The molecule has 1 aromatic carbocycles. The number of amides is 1. The van der Waals surface area contributed by atoms with Crippen LogP contribution in [0.3, 0.4) is 0 Å². The number of anilines is 1. The predicted octanol–water partition coefficient (Wildman–Crippen LogP) is 3.03. The summed E-state index contributed by atoms with van der Waals surface area (Å²) >= 11 is 1.71. The maximum absolute atomic E-state index is 11.4. The fourth-order valence-electron chi connectivity index (χ4n) is 2.42. The Morgan fingerprint density at radius 1 is 1.45 bits per heavy atom. The van der Waals surface area contributed by atoms with E-state index in [9.17, 15) is 4.79 Å². The van der Waals surface area contributed by atoms with Crippen LogP contribution in [0.1, 0.15) is 16.3 Å². The van der Waals surface area contributed by atoms with Gasteiger partial charge in [-0.25, -0.2) is 4.98 Å². The summed E-state index contributed by atoms with van der Waals surface area (Å²) in [5.74, 6) is 0.580. The number of nitrogens with zero attached hydrogens (tertiary/aromatic N) is 1. The molecule has 0 unspecified atom stereocenters. The molecule has 0 radical (unpaired) electrons. The Hall–Kier alpha value is -1.92. The van der Waals surface area contributed by atoms with Crippen LogP contribution < -0.4 is 10.1 Å². The molecule has 2 aromatic rings. The second kappa shape index (κ2) is 6.46. The van der Waals surface area contributed by atoms with Gasteiger partial charge in [0.05, 0.1) is 16.4 Å². The predicted molar refractivity (Wildman–Crippen MR) is 86.6 cm³/mol. The number of fused-ring (bicyclic) bond motifs is 1. The number of ether oxygens (including phenoxy) is 2. The zero-order chi connectivity index (χ0) is 15.5. The minimum absolute atomic E-state index is 0.0751. The highest BCUT2D eigenvalue weighted by atomic mass is 32.1. The molecule has 1 N–H and O–H groups in total. The molecule has 0 aliphatic carbocycles. The van der Waals surface area contributed by atoms with Crippen LogP contribution in [0.4, 0.5) is 5.69 Å². The zero-order valence-corrected chi connectivity index (χ0v) is 13.5. The van der Waals surface area contributed by atoms with E-state index < -0.39 is 0 Å². The Balaban J connectivity index is 1.85. The monoisotopic (exact) mass is 318 g/mol. The topological polar surface area (TPSA) is 60.5 Å². The standard InChI is InChI=1S/C16H18N2O3S/c1-10-16(18-15(22-10)4-3-7-20-2)11-5-6-13-12(8-11)17-14(19)9-21-13/h5-6,8H,3-4,7,9H2,1-2H3,(H,17,19). The lowest BCUT2D eigenvalue weighted by Crippen LogP contribution is -2.25. The van der Waals surface area contributed by atoms with Gasteiger partial charge in [0.15, 0.2) is 6.61 Å². The van der Waals surface area contributed by atoms with Crippen molar-refractivity contribution in [1.82, 2.24) is 4.98 Å². The molecule has 0 spiro atoms. The third kappa shape index (κ3) is 3.13. The van der Waals surface area contributed by atoms with E-state index in [-0.39, 0.29) is 12.5 Å². The van der Waals surface area contributed by atoms with Crippen molar-refractivity contribution in [2.75, 3.05) is 25.6 Å². The molecule has 0 saturated carbocycles. The van der Waals surface area contributed by atoms with E-state index in [1.165, 1.54) is 4.88 Å². The molecule has 1 amide bonds. The molecule has 0 bridgehead atoms. The second-order valence-electron chi connectivity index (χ2n) is 5.16. The average molecular weight is 318 g/mol. The Bertz CT molecular complexity index is 697. The van der Waals surface area contributed by atoms with Gasteiger partial charge in [-0.15, -0.1) is 11.3 Å². The number of methoxy groups -OCH3 is 1. The molecule has 2 heterocycles. The van der Waals surface area contributed by atoms with E-state index >= 15 is 0 Å². The second-order valence-corrected chi connectivity index (χ2v) is 6.44. The van der Waals surface area contributed by atoms with Crippen LogP contribution >= 0.6 is 11.3 Å². The number of rotatable bonds is 5. The summed E-state index contributed by atoms with van der Waals surface area (Å²) in [4.78, 5) is 17.3. The van der Waals surface area contributed by atoms with Gasteiger partial charge in [0.2, 0.25) is 0 Å². The fourth-order valence-corrected chi connectivity index (χ4v) is 3.42. The summed E-state index contributed by atoms with van der Waals surface area (Å²) in [7, 11) is 1.71. The van der Waals surface area contributed by atoms with Crippen LogP contribution in [0, 0.1) is 6.92 Å². The van der Waals surface area contributed by atoms with E-state index in [0.717, 1.165) is 35.7 Å². The van der Waals surface area contributed by atoms with Gasteiger partial charge in [-0.3, -0.25) is 4.79 Å². The van der Waals surface area contributed by atoms with Crippen molar-refractivity contribution >= 4 is 22.9 Å². The Morgan fingerprint density at radius 2 is 2.32 bits per heavy atom. The zero-order valence-electron chi connectivity index (χ0n) is 12.6. The molecule has 1 aromatic heterocycles. The first-order chi connectivity index (χ1) is 10.7. The van der Waals surface area contributed by atoms with Gasteiger partial charge in [0, 0.05) is 30.6 Å². The molecule has 0 fully saturated rings. The number of carbonyl (C=O) groups is 1. The number of carbonyl (C=O) groups excluding carboxylic acids is 1. The lowest BCUT2D eigenvalue weighted by Gasteiger charge is -2.18. The van der Waals surface area contributed by atoms with Crippen molar-refractivity contribution in [2.45, 2.75) is 19.8 Å². The molecule has 0 atom stereocenters. The first kappa shape index (κ1) is 15.0. The van der Waals surface area contributed by atoms with Gasteiger partial charge in [0.1, 0.15) is 5.75 Å². The van der Waals surface area contributed by atoms with Crippen molar-refractivity contribution in [3.05, 3.63) is 28.1 Å². The van der Waals surface area contributed by atoms with Gasteiger partial charge >= 0.3 is 0 Å². The Morgan fingerprint density at radius 3 is 3.14 bits per heavy atom. The van der Waals surface area contributed by atoms with Gasteiger partial charge < -0.3 is 14.8 Å². The first-order valence-corrected chi connectivity index (χ1v) is 8.01. The third-order valence-corrected chi connectivity index (χ3v) is 4.50. The Kier molecular flexibility index (Phi) is 4.40. The normalized spacial score (nSPS) is 13.5. The van der Waals surface area contributed by atoms with E-state index in [4.69, 9.17) is 14.5 Å². The smallest absolute Gasteiger partial charge is 0.262 e. The number of aryl methyl sites for hydroxylation is 2. The van der Waals surface area contributed by atoms with E-state index in [1.807, 2.05) is 18.2 Å². The minimum atomic E-state index is -0.125. The molecule has 3 rings (SSSR count). The van der Waals surface area contributed by atoms with Crippen LogP contribution in [-0.4, -0.2) is 31.2 Å². The van der Waals surface area contributed by atoms with Crippen LogP contribution in [0.25, 0.3) is 11.3 Å². The number of thiazole rings is 1. The quantitative estimate of drug-likeness (QED) is 0.861. The van der Waals surface area contributed by atoms with Gasteiger partial charge in [-0.2, -0.15) is 0 Å². The molecular formula is C16H18N2O3S. The molecule has 22 heavy (non-hydrogen) atoms. The van der Waals surface area contributed by atoms with Crippen LogP contribution in [0.2, 0.25) is 0 Å². The average Bonchev–Trinajstić information content (AvgIpc) is 2.87. The molecule has 0 saturated heterocycles. The summed E-state index contributed by atoms with van der Waals surface area (Å²) in [6.07, 6.45) is 1.89. The van der Waals surface area contributed by atoms with Crippen molar-refractivity contribution < 1.29 is 14.3 Å². The van der Waals surface area contributed by atoms with Gasteiger partial charge in [-0.05, 0) is 31.5 Å². The molecule has 116 valence electrons. The molecule has 6 heteroatoms. The largest absolute Gasteiger partial charge is 0.482 e. The lowest BCUT2D eigenvalue weighted by atomic mass is 10.1. The number of benzene rings is 1. The Labute approximate surface area is 133 Å². The summed E-state index contributed by atoms with van der Waals surface area (Å²) < 4.78 is 10.5. The van der Waals surface area contributed by atoms with E-state index in [1.54, 1.807) is 18.4 Å². The maximum Gasteiger partial charge on any atom is 0.262 e. The third-order valence-electron chi connectivity index (χ3n) is 3.47. The number of hydrogen-bond acceptors (Lipinski definition) is 5. The molecule has 5 nitrogen and oxygen atoms in total. The fraction of sp³-hybridized carbons (Fsp3) is 0.375. The molecule has 1 aliphatic heterocycles. The molecule has 1 aliphatic rings. The summed E-state index contributed by atoms with van der Waals surface area (Å²) in [5.41, 5.74) is 2.68. The summed E-state index contributed by atoms with van der Waals surface area (Å²) in [5, 5.41) is 3.95. The maximum atomic E-state index is 11.4. The van der Waals surface area contributed by atoms with Crippen molar-refractivity contribution in [3.63, 3.8) is 0 Å². The van der Waals surface area contributed by atoms with Crippen LogP contribution in [0.5, 0.6) is 5.75 Å². The summed E-state index contributed by atoms with van der Waals surface area (Å²) in [6, 6.07) is 5.79. The van der Waals surface area contributed by atoms with Gasteiger partial charge in [0.25, 0.3) is 5.91 Å². The number of hydrogen-bond donors (Lipinski definition) is 1. The van der Waals surface area contributed by atoms with Crippen molar-refractivity contribution in [2.24, 2.45) is 0 Å². The SMILES string of the molecule is COCCCc1nc(-c2ccc3c(c2)NC(=O)CO3)c(C)s1. The van der Waals surface area contributed by atoms with Gasteiger partial charge in [-0.1, -0.05) is 0 Å². The van der Waals surface area contributed by atoms with E-state index in [2.05, 4.69) is 12.2 Å². The first-order valence-electron chi connectivity index (χ1n) is 7.19. The van der Waals surface area contributed by atoms with Crippen LogP contribution in [-0.2, 0) is 16.0 Å². The number of nitrogens with one attached hydrogen (secondary N) is 1.